The molecule has 7 heteroatoms. The van der Waals surface area contributed by atoms with E-state index < -0.39 is 10.0 Å². The minimum absolute atomic E-state index is 0. The molecule has 1 atom stereocenters. The van der Waals surface area contributed by atoms with Gasteiger partial charge >= 0.3 is 0 Å². The van der Waals surface area contributed by atoms with Gasteiger partial charge in [-0.3, -0.25) is 0 Å². The zero-order valence-electron chi connectivity index (χ0n) is 10.6. The van der Waals surface area contributed by atoms with Crippen LogP contribution in [0, 0.1) is 12.8 Å². The summed E-state index contributed by atoms with van der Waals surface area (Å²) in [6.07, 6.45) is 2.11. The van der Waals surface area contributed by atoms with Crippen molar-refractivity contribution in [3.63, 3.8) is 0 Å². The second-order valence-electron chi connectivity index (χ2n) is 4.71. The van der Waals surface area contributed by atoms with E-state index in [4.69, 9.17) is 5.73 Å². The number of hydrogen-bond acceptors (Lipinski definition) is 3. The van der Waals surface area contributed by atoms with Gasteiger partial charge in [0.15, 0.2) is 0 Å². The minimum atomic E-state index is -3.49. The van der Waals surface area contributed by atoms with E-state index >= 15 is 0 Å². The van der Waals surface area contributed by atoms with Crippen molar-refractivity contribution >= 4 is 38.4 Å². The molecular weight excluding hydrogens is 352 g/mol. The van der Waals surface area contributed by atoms with Crippen molar-refractivity contribution in [3.8, 4) is 0 Å². The molecule has 0 bridgehead atoms. The highest BCUT2D eigenvalue weighted by atomic mass is 79.9. The van der Waals surface area contributed by atoms with Crippen molar-refractivity contribution in [2.75, 3.05) is 6.54 Å². The van der Waals surface area contributed by atoms with Crippen LogP contribution in [-0.2, 0) is 10.0 Å². The van der Waals surface area contributed by atoms with Crippen LogP contribution in [0.1, 0.15) is 18.4 Å². The second-order valence-corrected chi connectivity index (χ2v) is 7.31. The lowest BCUT2D eigenvalue weighted by atomic mass is 10.2. The molecule has 1 aromatic carbocycles. The first-order valence-electron chi connectivity index (χ1n) is 5.92. The molecule has 0 radical (unpaired) electrons. The molecule has 1 saturated carbocycles. The normalized spacial score (nSPS) is 16.8. The molecule has 1 aliphatic rings. The van der Waals surface area contributed by atoms with Crippen molar-refractivity contribution in [3.05, 3.63) is 28.2 Å². The molecule has 0 heterocycles. The summed E-state index contributed by atoms with van der Waals surface area (Å²) >= 11 is 3.30. The maximum absolute atomic E-state index is 12.3. The van der Waals surface area contributed by atoms with Gasteiger partial charge in [0, 0.05) is 17.1 Å². The van der Waals surface area contributed by atoms with Gasteiger partial charge < -0.3 is 5.73 Å². The summed E-state index contributed by atoms with van der Waals surface area (Å²) in [6, 6.07) is 5.09. The number of nitrogens with two attached hydrogens (primary N) is 1. The van der Waals surface area contributed by atoms with E-state index in [9.17, 15) is 8.42 Å². The van der Waals surface area contributed by atoms with E-state index in [-0.39, 0.29) is 18.4 Å². The topological polar surface area (TPSA) is 72.2 Å². The molecule has 0 spiro atoms. The predicted molar refractivity (Wildman–Crippen MR) is 82.0 cm³/mol. The van der Waals surface area contributed by atoms with Crippen molar-refractivity contribution in [1.82, 2.24) is 4.72 Å². The molecule has 1 fully saturated rings. The lowest BCUT2D eigenvalue weighted by Gasteiger charge is -2.17. The summed E-state index contributed by atoms with van der Waals surface area (Å²) in [4.78, 5) is 0.316. The third kappa shape index (κ3) is 4.16. The van der Waals surface area contributed by atoms with Gasteiger partial charge in [0.05, 0.1) is 4.90 Å². The van der Waals surface area contributed by atoms with Gasteiger partial charge in [0.25, 0.3) is 0 Å². The summed E-state index contributed by atoms with van der Waals surface area (Å²) in [6.45, 7) is 2.13. The average Bonchev–Trinajstić information content (AvgIpc) is 3.13. The molecule has 0 aliphatic heterocycles. The largest absolute Gasteiger partial charge is 0.329 e. The number of nitrogens with one attached hydrogen (secondary N) is 1. The second kappa shape index (κ2) is 6.54. The molecule has 1 aliphatic carbocycles. The van der Waals surface area contributed by atoms with E-state index in [1.54, 1.807) is 19.1 Å². The molecule has 3 N–H and O–H groups in total. The third-order valence-corrected chi connectivity index (χ3v) is 5.32. The van der Waals surface area contributed by atoms with E-state index in [0.717, 1.165) is 22.9 Å². The highest BCUT2D eigenvalue weighted by Crippen LogP contribution is 2.33. The first-order chi connectivity index (χ1) is 8.44. The van der Waals surface area contributed by atoms with Gasteiger partial charge in [-0.15, -0.1) is 12.4 Å². The van der Waals surface area contributed by atoms with Crippen LogP contribution in [0.2, 0.25) is 0 Å². The molecule has 0 aromatic heterocycles. The Hall–Kier alpha value is -0.140. The number of sulfonamides is 1. The van der Waals surface area contributed by atoms with Gasteiger partial charge in [-0.05, 0) is 43.4 Å². The van der Waals surface area contributed by atoms with Crippen LogP contribution in [0.3, 0.4) is 0 Å². The van der Waals surface area contributed by atoms with Crippen LogP contribution in [0.5, 0.6) is 0 Å². The molecule has 19 heavy (non-hydrogen) atoms. The van der Waals surface area contributed by atoms with Crippen LogP contribution in [-0.4, -0.2) is 21.0 Å². The maximum Gasteiger partial charge on any atom is 0.241 e. The number of halogens is 2. The monoisotopic (exact) mass is 368 g/mol. The first kappa shape index (κ1) is 16.9. The van der Waals surface area contributed by atoms with E-state index in [1.165, 1.54) is 0 Å². The third-order valence-electron chi connectivity index (χ3n) is 3.19. The quantitative estimate of drug-likeness (QED) is 0.835. The van der Waals surface area contributed by atoms with Crippen molar-refractivity contribution in [1.29, 1.82) is 0 Å². The Morgan fingerprint density at radius 3 is 2.63 bits per heavy atom. The fraction of sp³-hybridized carbons (Fsp3) is 0.500. The maximum atomic E-state index is 12.3. The zero-order valence-corrected chi connectivity index (χ0v) is 13.8. The van der Waals surface area contributed by atoms with Crippen LogP contribution in [0.4, 0.5) is 0 Å². The van der Waals surface area contributed by atoms with Gasteiger partial charge in [-0.2, -0.15) is 0 Å². The highest BCUT2D eigenvalue weighted by Gasteiger charge is 2.33. The number of rotatable bonds is 5. The Morgan fingerprint density at radius 1 is 1.47 bits per heavy atom. The zero-order chi connectivity index (χ0) is 13.3. The summed E-state index contributed by atoms with van der Waals surface area (Å²) < 4.78 is 28.1. The predicted octanol–water partition coefficient (Wildman–Crippen LogP) is 2.19. The SMILES string of the molecule is Cc1ccc(Br)cc1S(=O)(=O)NC(CN)C1CC1.Cl. The molecule has 1 unspecified atom stereocenters. The fourth-order valence-corrected chi connectivity index (χ4v) is 4.06. The number of benzene rings is 1. The Kier molecular flexibility index (Phi) is 5.82. The molecule has 0 saturated heterocycles. The minimum Gasteiger partial charge on any atom is -0.329 e. The number of hydrogen-bond donors (Lipinski definition) is 2. The summed E-state index contributed by atoms with van der Waals surface area (Å²) in [5.41, 5.74) is 6.36. The fourth-order valence-electron chi connectivity index (χ4n) is 1.96. The summed E-state index contributed by atoms with van der Waals surface area (Å²) in [5.74, 6) is 0.400. The van der Waals surface area contributed by atoms with E-state index in [1.807, 2.05) is 6.07 Å². The van der Waals surface area contributed by atoms with Crippen LogP contribution >= 0.6 is 28.3 Å². The summed E-state index contributed by atoms with van der Waals surface area (Å²) in [5, 5.41) is 0. The Labute approximate surface area is 128 Å². The van der Waals surface area contributed by atoms with E-state index in [2.05, 4.69) is 20.7 Å². The van der Waals surface area contributed by atoms with Gasteiger partial charge in [-0.25, -0.2) is 13.1 Å². The lowest BCUT2D eigenvalue weighted by molar-refractivity contribution is 0.519. The molecule has 0 amide bonds. The van der Waals surface area contributed by atoms with Crippen molar-refractivity contribution in [2.24, 2.45) is 11.7 Å². The van der Waals surface area contributed by atoms with E-state index in [0.29, 0.717) is 17.4 Å². The lowest BCUT2D eigenvalue weighted by Crippen LogP contribution is -2.41. The van der Waals surface area contributed by atoms with Crippen molar-refractivity contribution < 1.29 is 8.42 Å². The smallest absolute Gasteiger partial charge is 0.241 e. The Bertz CT molecular complexity index is 547. The molecule has 4 nitrogen and oxygen atoms in total. The molecular formula is C12H18BrClN2O2S. The highest BCUT2D eigenvalue weighted by molar-refractivity contribution is 9.10. The van der Waals surface area contributed by atoms with Crippen molar-refractivity contribution in [2.45, 2.75) is 30.7 Å². The standard InChI is InChI=1S/C12H17BrN2O2S.ClH/c1-8-2-5-10(13)6-12(8)18(16,17)15-11(7-14)9-3-4-9;/h2,5-6,9,11,15H,3-4,7,14H2,1H3;1H. The van der Waals surface area contributed by atoms with Crippen LogP contribution < -0.4 is 10.5 Å². The summed E-state index contributed by atoms with van der Waals surface area (Å²) in [7, 11) is -3.49. The number of aryl methyl sites for hydroxylation is 1. The Morgan fingerprint density at radius 2 is 2.11 bits per heavy atom. The molecule has 1 aromatic rings. The van der Waals surface area contributed by atoms with Gasteiger partial charge in [-0.1, -0.05) is 22.0 Å². The van der Waals surface area contributed by atoms with Gasteiger partial charge in [0.2, 0.25) is 10.0 Å². The van der Waals surface area contributed by atoms with Crippen LogP contribution in [0.15, 0.2) is 27.6 Å². The average molecular weight is 370 g/mol. The van der Waals surface area contributed by atoms with Crippen LogP contribution in [0.25, 0.3) is 0 Å². The molecule has 108 valence electrons. The Balaban J connectivity index is 0.00000180. The first-order valence-corrected chi connectivity index (χ1v) is 8.20. The molecule has 2 rings (SSSR count). The van der Waals surface area contributed by atoms with Gasteiger partial charge in [0.1, 0.15) is 0 Å².